The Hall–Kier alpha value is -1.62. The molecular formula is C21H29FN2O2. The fraction of sp³-hybridized carbons (Fsp3) is 0.667. The van der Waals surface area contributed by atoms with Crippen LogP contribution in [0.15, 0.2) is 18.2 Å². The maximum absolute atomic E-state index is 14.1. The monoisotopic (exact) mass is 360 g/mol. The summed E-state index contributed by atoms with van der Waals surface area (Å²) in [6.45, 7) is 4.79. The van der Waals surface area contributed by atoms with Gasteiger partial charge in [-0.05, 0) is 49.7 Å². The van der Waals surface area contributed by atoms with Crippen molar-refractivity contribution in [3.05, 3.63) is 29.6 Å². The highest BCUT2D eigenvalue weighted by Crippen LogP contribution is 2.40. The lowest BCUT2D eigenvalue weighted by Crippen LogP contribution is -2.62. The summed E-state index contributed by atoms with van der Waals surface area (Å²) in [5.74, 6) is -0.00755. The van der Waals surface area contributed by atoms with E-state index in [2.05, 4.69) is 11.8 Å². The Morgan fingerprint density at radius 1 is 1.27 bits per heavy atom. The third-order valence-electron chi connectivity index (χ3n) is 6.61. The number of amides is 1. The van der Waals surface area contributed by atoms with Crippen LogP contribution in [0, 0.1) is 17.7 Å². The van der Waals surface area contributed by atoms with Crippen molar-refractivity contribution in [2.24, 2.45) is 11.8 Å². The molecule has 1 amide bonds. The molecule has 1 N–H and O–H groups in total. The largest absolute Gasteiger partial charge is 0.508 e. The quantitative estimate of drug-likeness (QED) is 0.895. The first-order valence-corrected chi connectivity index (χ1v) is 10.1. The lowest BCUT2D eigenvalue weighted by Gasteiger charge is -2.55. The molecule has 0 aromatic heterocycles. The smallest absolute Gasteiger partial charge is 0.256 e. The first kappa shape index (κ1) is 17.8. The van der Waals surface area contributed by atoms with E-state index < -0.39 is 5.82 Å². The maximum atomic E-state index is 14.1. The third kappa shape index (κ3) is 3.22. The van der Waals surface area contributed by atoms with E-state index in [-0.39, 0.29) is 17.2 Å². The fourth-order valence-electron chi connectivity index (χ4n) is 5.57. The van der Waals surface area contributed by atoms with Crippen LogP contribution in [0.25, 0.3) is 0 Å². The van der Waals surface area contributed by atoms with E-state index in [1.165, 1.54) is 50.7 Å². The summed E-state index contributed by atoms with van der Waals surface area (Å²) in [6, 6.07) is 5.11. The van der Waals surface area contributed by atoms with Crippen LogP contribution in [0.4, 0.5) is 4.39 Å². The number of phenols is 1. The number of halogens is 1. The van der Waals surface area contributed by atoms with Gasteiger partial charge in [0.05, 0.1) is 5.56 Å². The summed E-state index contributed by atoms with van der Waals surface area (Å²) in [5.41, 5.74) is 0.0760. The van der Waals surface area contributed by atoms with Crippen LogP contribution in [-0.4, -0.2) is 52.5 Å². The molecular weight excluding hydrogens is 331 g/mol. The van der Waals surface area contributed by atoms with Crippen molar-refractivity contribution in [3.63, 3.8) is 0 Å². The summed E-state index contributed by atoms with van der Waals surface area (Å²) >= 11 is 0. The predicted molar refractivity (Wildman–Crippen MR) is 98.6 cm³/mol. The Bertz CT molecular complexity index is 678. The second-order valence-electron chi connectivity index (χ2n) is 8.37. The molecule has 3 aliphatic rings. The molecule has 0 spiro atoms. The van der Waals surface area contributed by atoms with Crippen LogP contribution in [-0.2, 0) is 0 Å². The van der Waals surface area contributed by atoms with E-state index in [1.54, 1.807) is 0 Å². The zero-order valence-electron chi connectivity index (χ0n) is 15.5. The van der Waals surface area contributed by atoms with Gasteiger partial charge >= 0.3 is 0 Å². The molecule has 3 saturated heterocycles. The van der Waals surface area contributed by atoms with E-state index in [9.17, 15) is 14.3 Å². The van der Waals surface area contributed by atoms with E-state index in [0.717, 1.165) is 25.7 Å². The number of fused-ring (bicyclic) bond motifs is 4. The first-order chi connectivity index (χ1) is 12.6. The zero-order chi connectivity index (χ0) is 18.3. The van der Waals surface area contributed by atoms with Gasteiger partial charge in [0.25, 0.3) is 5.91 Å². The molecule has 1 aromatic rings. The first-order valence-electron chi connectivity index (χ1n) is 10.1. The lowest BCUT2D eigenvalue weighted by atomic mass is 9.74. The Balaban J connectivity index is 1.51. The van der Waals surface area contributed by atoms with Gasteiger partial charge in [-0.1, -0.05) is 19.8 Å². The number of piperidine rings is 3. The van der Waals surface area contributed by atoms with Crippen LogP contribution in [0.2, 0.25) is 0 Å². The fourth-order valence-corrected chi connectivity index (χ4v) is 5.57. The molecule has 0 aliphatic carbocycles. The molecule has 2 bridgehead atoms. The summed E-state index contributed by atoms with van der Waals surface area (Å²) < 4.78 is 14.1. The highest BCUT2D eigenvalue weighted by molar-refractivity contribution is 5.94. The second-order valence-corrected chi connectivity index (χ2v) is 8.37. The van der Waals surface area contributed by atoms with Gasteiger partial charge in [0.1, 0.15) is 11.6 Å². The number of benzene rings is 1. The van der Waals surface area contributed by atoms with Crippen LogP contribution >= 0.6 is 0 Å². The van der Waals surface area contributed by atoms with Gasteiger partial charge in [0.15, 0.2) is 0 Å². The van der Waals surface area contributed by atoms with Gasteiger partial charge in [-0.25, -0.2) is 4.39 Å². The molecule has 4 nitrogen and oxygen atoms in total. The van der Waals surface area contributed by atoms with E-state index in [0.29, 0.717) is 23.9 Å². The molecule has 5 heteroatoms. The standard InChI is InChI=1S/C21H29FN2O2/c1-2-4-16-5-3-6-20-15-9-14(12-24(16)20)11-23(13-15)21(26)18-8-7-17(25)10-19(18)22/h7-8,10,14-16,20,25H,2-6,9,11-13H2,1H3/t14-,15+,16-,20-/m0/s1. The minimum atomic E-state index is -0.631. The highest BCUT2D eigenvalue weighted by atomic mass is 19.1. The Kier molecular flexibility index (Phi) is 4.91. The molecule has 0 saturated carbocycles. The molecule has 3 heterocycles. The molecule has 1 aromatic carbocycles. The number of carbonyl (C=O) groups excluding carboxylic acids is 1. The van der Waals surface area contributed by atoms with Crippen LogP contribution in [0.3, 0.4) is 0 Å². The topological polar surface area (TPSA) is 43.8 Å². The van der Waals surface area contributed by atoms with Crippen molar-refractivity contribution < 1.29 is 14.3 Å². The van der Waals surface area contributed by atoms with Crippen molar-refractivity contribution in [3.8, 4) is 5.75 Å². The number of rotatable bonds is 3. The van der Waals surface area contributed by atoms with Crippen molar-refractivity contribution in [2.75, 3.05) is 19.6 Å². The molecule has 3 aliphatic heterocycles. The molecule has 142 valence electrons. The minimum absolute atomic E-state index is 0.0760. The zero-order valence-corrected chi connectivity index (χ0v) is 15.5. The SMILES string of the molecule is CCC[C@H]1CCC[C@H]2[C@@H]3C[C@@H](CN(C(=O)c4ccc(O)cc4F)C3)CN12. The maximum Gasteiger partial charge on any atom is 0.256 e. The van der Waals surface area contributed by atoms with Crippen molar-refractivity contribution >= 4 is 5.91 Å². The molecule has 4 atom stereocenters. The highest BCUT2D eigenvalue weighted by Gasteiger charge is 2.45. The average molecular weight is 360 g/mol. The summed E-state index contributed by atoms with van der Waals surface area (Å²) in [6.07, 6.45) is 7.53. The number of phenolic OH excluding ortho intramolecular Hbond substituents is 1. The molecule has 26 heavy (non-hydrogen) atoms. The normalized spacial score (nSPS) is 31.5. The number of aromatic hydroxyl groups is 1. The Morgan fingerprint density at radius 3 is 2.88 bits per heavy atom. The average Bonchev–Trinajstić information content (AvgIpc) is 2.62. The molecule has 4 rings (SSSR count). The van der Waals surface area contributed by atoms with Gasteiger partial charge in [-0.3, -0.25) is 9.69 Å². The van der Waals surface area contributed by atoms with Crippen molar-refractivity contribution in [1.29, 1.82) is 0 Å². The summed E-state index contributed by atoms with van der Waals surface area (Å²) in [4.78, 5) is 17.5. The molecule has 0 unspecified atom stereocenters. The third-order valence-corrected chi connectivity index (χ3v) is 6.61. The Morgan fingerprint density at radius 2 is 2.12 bits per heavy atom. The predicted octanol–water partition coefficient (Wildman–Crippen LogP) is 3.65. The number of carbonyl (C=O) groups is 1. The van der Waals surface area contributed by atoms with Crippen LogP contribution in [0.1, 0.15) is 55.8 Å². The summed E-state index contributed by atoms with van der Waals surface area (Å²) in [7, 11) is 0. The van der Waals surface area contributed by atoms with Gasteiger partial charge in [-0.2, -0.15) is 0 Å². The second kappa shape index (κ2) is 7.18. The summed E-state index contributed by atoms with van der Waals surface area (Å²) in [5, 5.41) is 9.39. The number of hydrogen-bond donors (Lipinski definition) is 1. The van der Waals surface area contributed by atoms with Crippen molar-refractivity contribution in [2.45, 2.75) is 57.5 Å². The van der Waals surface area contributed by atoms with Gasteiger partial charge in [0.2, 0.25) is 0 Å². The van der Waals surface area contributed by atoms with Crippen LogP contribution in [0.5, 0.6) is 5.75 Å². The molecule has 3 fully saturated rings. The number of likely N-dealkylation sites (tertiary alicyclic amines) is 1. The van der Waals surface area contributed by atoms with Gasteiger partial charge in [0, 0.05) is 37.8 Å². The van der Waals surface area contributed by atoms with Crippen LogP contribution < -0.4 is 0 Å². The molecule has 0 radical (unpaired) electrons. The van der Waals surface area contributed by atoms with E-state index >= 15 is 0 Å². The van der Waals surface area contributed by atoms with E-state index in [4.69, 9.17) is 0 Å². The van der Waals surface area contributed by atoms with E-state index in [1.807, 2.05) is 4.90 Å². The van der Waals surface area contributed by atoms with Gasteiger partial charge < -0.3 is 10.0 Å². The van der Waals surface area contributed by atoms with Crippen molar-refractivity contribution in [1.82, 2.24) is 9.80 Å². The van der Waals surface area contributed by atoms with Gasteiger partial charge in [-0.15, -0.1) is 0 Å². The number of nitrogens with zero attached hydrogens (tertiary/aromatic N) is 2. The minimum Gasteiger partial charge on any atom is -0.508 e. The lowest BCUT2D eigenvalue weighted by molar-refractivity contribution is -0.0519. The number of hydrogen-bond acceptors (Lipinski definition) is 3. The Labute approximate surface area is 155 Å².